The molecule has 1 aromatic heterocycles. The zero-order valence-electron chi connectivity index (χ0n) is 11.2. The van der Waals surface area contributed by atoms with Gasteiger partial charge in [-0.25, -0.2) is 0 Å². The van der Waals surface area contributed by atoms with Gasteiger partial charge in [0.25, 0.3) is 5.56 Å². The van der Waals surface area contributed by atoms with Crippen LogP contribution in [0.3, 0.4) is 0 Å². The minimum Gasteiger partial charge on any atom is -0.396 e. The summed E-state index contributed by atoms with van der Waals surface area (Å²) in [6.45, 7) is 2.93. The van der Waals surface area contributed by atoms with Crippen LogP contribution >= 0.6 is 0 Å². The molecule has 2 atom stereocenters. The molecule has 19 heavy (non-hydrogen) atoms. The van der Waals surface area contributed by atoms with Gasteiger partial charge in [0.2, 0.25) is 5.91 Å². The molecular weight excluding hydrogens is 244 g/mol. The number of carbonyl (C=O) groups is 1. The highest BCUT2D eigenvalue weighted by atomic mass is 16.3. The van der Waals surface area contributed by atoms with Gasteiger partial charge >= 0.3 is 0 Å². The predicted octanol–water partition coefficient (Wildman–Crippen LogP) is 0.468. The maximum Gasteiger partial charge on any atom is 0.250 e. The Balaban J connectivity index is 2.01. The molecule has 1 aromatic rings. The molecule has 5 heteroatoms. The normalized spacial score (nSPS) is 23.4. The zero-order chi connectivity index (χ0) is 13.8. The number of amides is 1. The maximum atomic E-state index is 12.2. The van der Waals surface area contributed by atoms with Gasteiger partial charge in [-0.3, -0.25) is 9.59 Å². The van der Waals surface area contributed by atoms with Gasteiger partial charge in [-0.05, 0) is 31.7 Å². The second-order valence-electron chi connectivity index (χ2n) is 5.18. The molecule has 0 unspecified atom stereocenters. The highest BCUT2D eigenvalue weighted by Crippen LogP contribution is 2.22. The number of piperidine rings is 1. The molecule has 0 aromatic carbocycles. The lowest BCUT2D eigenvalue weighted by molar-refractivity contribution is -0.136. The fraction of sp³-hybridized carbons (Fsp3) is 0.571. The van der Waals surface area contributed by atoms with Crippen molar-refractivity contribution in [2.75, 3.05) is 13.2 Å². The van der Waals surface area contributed by atoms with E-state index in [2.05, 4.69) is 0 Å². The minimum atomic E-state index is -0.159. The Morgan fingerprint density at radius 2 is 2.26 bits per heavy atom. The Morgan fingerprint density at radius 1 is 1.47 bits per heavy atom. The summed E-state index contributed by atoms with van der Waals surface area (Å²) in [4.78, 5) is 25.6. The summed E-state index contributed by atoms with van der Waals surface area (Å²) in [5.41, 5.74) is -0.159. The molecule has 1 saturated heterocycles. The average molecular weight is 264 g/mol. The first-order chi connectivity index (χ1) is 9.11. The van der Waals surface area contributed by atoms with Crippen LogP contribution in [0.5, 0.6) is 0 Å². The van der Waals surface area contributed by atoms with Crippen LogP contribution in [0.1, 0.15) is 19.8 Å². The summed E-state index contributed by atoms with van der Waals surface area (Å²) in [6, 6.07) is 4.99. The number of hydrogen-bond acceptors (Lipinski definition) is 3. The predicted molar refractivity (Wildman–Crippen MR) is 71.7 cm³/mol. The quantitative estimate of drug-likeness (QED) is 0.863. The summed E-state index contributed by atoms with van der Waals surface area (Å²) < 4.78 is 1.42. The summed E-state index contributed by atoms with van der Waals surface area (Å²) in [5.74, 6) is 0.260. The SMILES string of the molecule is C[C@H]1C[C@@H](CO)CCN1C(=O)Cn1ccccc1=O. The standard InChI is InChI=1S/C14H20N2O3/c1-11-8-12(10-17)5-7-16(11)14(19)9-15-6-3-2-4-13(15)18/h2-4,6,11-12,17H,5,7-10H2,1H3/t11-,12-/m0/s1. The smallest absolute Gasteiger partial charge is 0.250 e. The van der Waals surface area contributed by atoms with Gasteiger partial charge in [0.05, 0.1) is 0 Å². The van der Waals surface area contributed by atoms with E-state index >= 15 is 0 Å². The van der Waals surface area contributed by atoms with E-state index in [1.807, 2.05) is 11.8 Å². The van der Waals surface area contributed by atoms with Crippen LogP contribution < -0.4 is 5.56 Å². The van der Waals surface area contributed by atoms with Gasteiger partial charge in [-0.2, -0.15) is 0 Å². The molecule has 2 rings (SSSR count). The molecule has 104 valence electrons. The molecule has 5 nitrogen and oxygen atoms in total. The minimum absolute atomic E-state index is 0.0304. The first-order valence-electron chi connectivity index (χ1n) is 6.67. The van der Waals surface area contributed by atoms with Crippen LogP contribution in [0.4, 0.5) is 0 Å². The van der Waals surface area contributed by atoms with Crippen molar-refractivity contribution >= 4 is 5.91 Å². The molecule has 1 fully saturated rings. The lowest BCUT2D eigenvalue weighted by Crippen LogP contribution is -2.47. The van der Waals surface area contributed by atoms with E-state index in [4.69, 9.17) is 5.11 Å². The number of carbonyl (C=O) groups excluding carboxylic acids is 1. The van der Waals surface area contributed by atoms with Crippen molar-refractivity contribution in [1.82, 2.24) is 9.47 Å². The fourth-order valence-electron chi connectivity index (χ4n) is 2.63. The second-order valence-corrected chi connectivity index (χ2v) is 5.18. The van der Waals surface area contributed by atoms with Gasteiger partial charge < -0.3 is 14.6 Å². The van der Waals surface area contributed by atoms with Crippen LogP contribution in [-0.4, -0.2) is 39.7 Å². The summed E-state index contributed by atoms with van der Waals surface area (Å²) in [7, 11) is 0. The Kier molecular flexibility index (Phi) is 4.37. The van der Waals surface area contributed by atoms with Crippen molar-refractivity contribution in [3.8, 4) is 0 Å². The number of aliphatic hydroxyl groups is 1. The third kappa shape index (κ3) is 3.23. The Labute approximate surface area is 112 Å². The van der Waals surface area contributed by atoms with E-state index in [0.29, 0.717) is 12.5 Å². The third-order valence-corrected chi connectivity index (χ3v) is 3.77. The van der Waals surface area contributed by atoms with Crippen LogP contribution in [0.25, 0.3) is 0 Å². The molecule has 1 aliphatic rings. The largest absolute Gasteiger partial charge is 0.396 e. The lowest BCUT2D eigenvalue weighted by Gasteiger charge is -2.37. The average Bonchev–Trinajstić information content (AvgIpc) is 2.41. The van der Waals surface area contributed by atoms with Crippen molar-refractivity contribution in [2.45, 2.75) is 32.4 Å². The first kappa shape index (κ1) is 13.8. The molecule has 0 saturated carbocycles. The first-order valence-corrected chi connectivity index (χ1v) is 6.67. The maximum absolute atomic E-state index is 12.2. The zero-order valence-corrected chi connectivity index (χ0v) is 11.2. The third-order valence-electron chi connectivity index (χ3n) is 3.77. The van der Waals surface area contributed by atoms with Gasteiger partial charge in [-0.1, -0.05) is 6.07 Å². The Hall–Kier alpha value is -1.62. The fourth-order valence-corrected chi connectivity index (χ4v) is 2.63. The molecule has 0 bridgehead atoms. The lowest BCUT2D eigenvalue weighted by atomic mass is 9.92. The Morgan fingerprint density at radius 3 is 2.89 bits per heavy atom. The number of likely N-dealkylation sites (tertiary alicyclic amines) is 1. The van der Waals surface area contributed by atoms with E-state index in [1.54, 1.807) is 18.3 Å². The number of rotatable bonds is 3. The number of aromatic nitrogens is 1. The van der Waals surface area contributed by atoms with E-state index in [1.165, 1.54) is 10.6 Å². The van der Waals surface area contributed by atoms with Gasteiger partial charge in [0.15, 0.2) is 0 Å². The number of nitrogens with zero attached hydrogens (tertiary/aromatic N) is 2. The molecule has 0 radical (unpaired) electrons. The highest BCUT2D eigenvalue weighted by molar-refractivity contribution is 5.76. The van der Waals surface area contributed by atoms with E-state index < -0.39 is 0 Å². The van der Waals surface area contributed by atoms with E-state index in [0.717, 1.165) is 12.8 Å². The summed E-state index contributed by atoms with van der Waals surface area (Å²) in [6.07, 6.45) is 3.29. The van der Waals surface area contributed by atoms with Crippen LogP contribution in [0.2, 0.25) is 0 Å². The van der Waals surface area contributed by atoms with Crippen LogP contribution in [-0.2, 0) is 11.3 Å². The van der Waals surface area contributed by atoms with E-state index in [9.17, 15) is 9.59 Å². The number of hydrogen-bond donors (Lipinski definition) is 1. The molecule has 0 aliphatic carbocycles. The number of pyridine rings is 1. The molecule has 2 heterocycles. The van der Waals surface area contributed by atoms with E-state index in [-0.39, 0.29) is 30.7 Å². The molecular formula is C14H20N2O3. The van der Waals surface area contributed by atoms with Crippen LogP contribution in [0, 0.1) is 5.92 Å². The molecule has 1 amide bonds. The Bertz CT molecular complexity index is 497. The topological polar surface area (TPSA) is 62.5 Å². The van der Waals surface area contributed by atoms with Gasteiger partial charge in [0.1, 0.15) is 6.54 Å². The highest BCUT2D eigenvalue weighted by Gasteiger charge is 2.28. The summed E-state index contributed by atoms with van der Waals surface area (Å²) >= 11 is 0. The molecule has 0 spiro atoms. The van der Waals surface area contributed by atoms with Crippen molar-refractivity contribution in [3.05, 3.63) is 34.7 Å². The molecule has 1 N–H and O–H groups in total. The summed E-state index contributed by atoms with van der Waals surface area (Å²) in [5, 5.41) is 9.16. The van der Waals surface area contributed by atoms with Crippen molar-refractivity contribution in [3.63, 3.8) is 0 Å². The monoisotopic (exact) mass is 264 g/mol. The van der Waals surface area contributed by atoms with Crippen LogP contribution in [0.15, 0.2) is 29.2 Å². The van der Waals surface area contributed by atoms with Crippen molar-refractivity contribution in [2.24, 2.45) is 5.92 Å². The van der Waals surface area contributed by atoms with Gasteiger partial charge in [0, 0.05) is 31.5 Å². The second kappa shape index (κ2) is 6.02. The van der Waals surface area contributed by atoms with Crippen molar-refractivity contribution < 1.29 is 9.90 Å². The number of aliphatic hydroxyl groups excluding tert-OH is 1. The van der Waals surface area contributed by atoms with Crippen molar-refractivity contribution in [1.29, 1.82) is 0 Å². The molecule has 1 aliphatic heterocycles. The van der Waals surface area contributed by atoms with Gasteiger partial charge in [-0.15, -0.1) is 0 Å².